The third-order valence-electron chi connectivity index (χ3n) is 4.38. The molecule has 21 heavy (non-hydrogen) atoms. The Hall–Kier alpha value is -1.55. The number of hydrogen-bond donors (Lipinski definition) is 2. The summed E-state index contributed by atoms with van der Waals surface area (Å²) in [7, 11) is 1.79. The second kappa shape index (κ2) is 6.48. The number of benzene rings is 1. The Balaban J connectivity index is 2.01. The molecular formula is C17H26N2O2. The molecule has 4 heteroatoms. The van der Waals surface area contributed by atoms with Crippen LogP contribution in [0, 0.1) is 26.7 Å². The van der Waals surface area contributed by atoms with Crippen molar-refractivity contribution >= 4 is 11.7 Å². The number of nitrogens with zero attached hydrogens (tertiary/aromatic N) is 1. The molecule has 0 aliphatic heterocycles. The summed E-state index contributed by atoms with van der Waals surface area (Å²) in [4.78, 5) is 14.0. The molecule has 0 aromatic heterocycles. The van der Waals surface area contributed by atoms with Gasteiger partial charge in [-0.15, -0.1) is 0 Å². The van der Waals surface area contributed by atoms with E-state index in [2.05, 4.69) is 24.4 Å². The van der Waals surface area contributed by atoms with Gasteiger partial charge in [-0.3, -0.25) is 0 Å². The minimum Gasteiger partial charge on any atom is -0.393 e. The Kier molecular flexibility index (Phi) is 4.88. The van der Waals surface area contributed by atoms with Gasteiger partial charge in [-0.2, -0.15) is 0 Å². The first-order valence-corrected chi connectivity index (χ1v) is 7.66. The van der Waals surface area contributed by atoms with Crippen molar-refractivity contribution in [3.05, 3.63) is 28.8 Å². The van der Waals surface area contributed by atoms with Crippen molar-refractivity contribution in [2.45, 2.75) is 46.1 Å². The van der Waals surface area contributed by atoms with E-state index in [1.165, 1.54) is 5.56 Å². The summed E-state index contributed by atoms with van der Waals surface area (Å²) in [6.45, 7) is 6.68. The molecule has 0 bridgehead atoms. The zero-order chi connectivity index (χ0) is 15.6. The van der Waals surface area contributed by atoms with Gasteiger partial charge in [0.05, 0.1) is 6.10 Å². The Bertz CT molecular complexity index is 505. The fourth-order valence-electron chi connectivity index (χ4n) is 3.24. The van der Waals surface area contributed by atoms with E-state index in [-0.39, 0.29) is 18.1 Å². The van der Waals surface area contributed by atoms with Crippen molar-refractivity contribution in [3.8, 4) is 0 Å². The molecule has 1 fully saturated rings. The molecule has 116 valence electrons. The number of nitrogens with one attached hydrogen (secondary N) is 1. The van der Waals surface area contributed by atoms with Crippen LogP contribution in [0.25, 0.3) is 0 Å². The Morgan fingerprint density at radius 3 is 2.43 bits per heavy atom. The molecule has 1 aliphatic rings. The summed E-state index contributed by atoms with van der Waals surface area (Å²) in [6, 6.07) is 4.04. The van der Waals surface area contributed by atoms with Crippen molar-refractivity contribution in [2.75, 3.05) is 18.9 Å². The van der Waals surface area contributed by atoms with E-state index in [0.717, 1.165) is 36.1 Å². The largest absolute Gasteiger partial charge is 0.393 e. The summed E-state index contributed by atoms with van der Waals surface area (Å²) >= 11 is 0. The molecule has 0 spiro atoms. The number of carbonyl (C=O) groups excluding carboxylic acids is 1. The number of carbonyl (C=O) groups is 1. The number of rotatable bonds is 3. The third kappa shape index (κ3) is 3.76. The van der Waals surface area contributed by atoms with Crippen molar-refractivity contribution in [1.29, 1.82) is 0 Å². The van der Waals surface area contributed by atoms with Crippen LogP contribution >= 0.6 is 0 Å². The van der Waals surface area contributed by atoms with Crippen molar-refractivity contribution in [2.24, 2.45) is 5.92 Å². The molecule has 1 aromatic carbocycles. The first-order chi connectivity index (χ1) is 9.88. The predicted molar refractivity (Wildman–Crippen MR) is 85.6 cm³/mol. The lowest BCUT2D eigenvalue weighted by Crippen LogP contribution is -2.37. The van der Waals surface area contributed by atoms with E-state index in [9.17, 15) is 9.90 Å². The molecule has 1 aliphatic carbocycles. The van der Waals surface area contributed by atoms with Gasteiger partial charge in [0.1, 0.15) is 0 Å². The Morgan fingerprint density at radius 2 is 1.90 bits per heavy atom. The summed E-state index contributed by atoms with van der Waals surface area (Å²) < 4.78 is 0. The standard InChI is InChI=1S/C17H26N2O2/c1-11-8-12(2)16(13(3)9-11)18-17(21)19(4)10-14-6-5-7-15(14)20/h8-9,14-15,20H,5-7,10H2,1-4H3,(H,18,21). The van der Waals surface area contributed by atoms with Crippen LogP contribution in [-0.2, 0) is 0 Å². The van der Waals surface area contributed by atoms with Crippen molar-refractivity contribution in [1.82, 2.24) is 4.90 Å². The van der Waals surface area contributed by atoms with Gasteiger partial charge in [0, 0.05) is 25.2 Å². The van der Waals surface area contributed by atoms with Crippen molar-refractivity contribution < 1.29 is 9.90 Å². The second-order valence-corrected chi connectivity index (χ2v) is 6.34. The highest BCUT2D eigenvalue weighted by atomic mass is 16.3. The summed E-state index contributed by atoms with van der Waals surface area (Å²) in [5.74, 6) is 0.209. The first-order valence-electron chi connectivity index (χ1n) is 7.66. The highest BCUT2D eigenvalue weighted by molar-refractivity contribution is 5.91. The number of amides is 2. The van der Waals surface area contributed by atoms with E-state index >= 15 is 0 Å². The Labute approximate surface area is 127 Å². The van der Waals surface area contributed by atoms with Crippen LogP contribution in [0.4, 0.5) is 10.5 Å². The summed E-state index contributed by atoms with van der Waals surface area (Å²) in [5, 5.41) is 12.9. The van der Waals surface area contributed by atoms with Crippen LogP contribution in [0.3, 0.4) is 0 Å². The molecule has 1 aromatic rings. The van der Waals surface area contributed by atoms with Crippen LogP contribution < -0.4 is 5.32 Å². The van der Waals surface area contributed by atoms with Gasteiger partial charge in [-0.05, 0) is 44.7 Å². The van der Waals surface area contributed by atoms with E-state index in [0.29, 0.717) is 6.54 Å². The van der Waals surface area contributed by atoms with Gasteiger partial charge in [0.15, 0.2) is 0 Å². The van der Waals surface area contributed by atoms with Gasteiger partial charge < -0.3 is 15.3 Å². The molecule has 2 N–H and O–H groups in total. The maximum Gasteiger partial charge on any atom is 0.321 e. The van der Waals surface area contributed by atoms with Crippen LogP contribution in [0.5, 0.6) is 0 Å². The SMILES string of the molecule is Cc1cc(C)c(NC(=O)N(C)CC2CCCC2O)c(C)c1. The molecule has 4 nitrogen and oxygen atoms in total. The molecule has 0 radical (unpaired) electrons. The molecule has 2 unspecified atom stereocenters. The Morgan fingerprint density at radius 1 is 1.29 bits per heavy atom. The summed E-state index contributed by atoms with van der Waals surface area (Å²) in [6.07, 6.45) is 2.65. The van der Waals surface area contributed by atoms with Gasteiger partial charge in [-0.1, -0.05) is 24.1 Å². The number of aliphatic hydroxyl groups excluding tert-OH is 1. The molecule has 0 heterocycles. The lowest BCUT2D eigenvalue weighted by atomic mass is 10.0. The fraction of sp³-hybridized carbons (Fsp3) is 0.588. The third-order valence-corrected chi connectivity index (χ3v) is 4.38. The van der Waals surface area contributed by atoms with E-state index in [1.807, 2.05) is 13.8 Å². The normalized spacial score (nSPS) is 21.4. The van der Waals surface area contributed by atoms with E-state index in [1.54, 1.807) is 11.9 Å². The lowest BCUT2D eigenvalue weighted by molar-refractivity contribution is 0.116. The maximum atomic E-state index is 12.3. The molecule has 0 saturated heterocycles. The fourth-order valence-corrected chi connectivity index (χ4v) is 3.24. The van der Waals surface area contributed by atoms with E-state index in [4.69, 9.17) is 0 Å². The monoisotopic (exact) mass is 290 g/mol. The predicted octanol–water partition coefficient (Wildman–Crippen LogP) is 3.24. The molecular weight excluding hydrogens is 264 g/mol. The van der Waals surface area contributed by atoms with Crippen LogP contribution in [-0.4, -0.2) is 35.7 Å². The lowest BCUT2D eigenvalue weighted by Gasteiger charge is -2.24. The molecule has 2 amide bonds. The van der Waals surface area contributed by atoms with E-state index < -0.39 is 0 Å². The highest BCUT2D eigenvalue weighted by Gasteiger charge is 2.27. The average Bonchev–Trinajstić information content (AvgIpc) is 2.79. The van der Waals surface area contributed by atoms with Gasteiger partial charge in [-0.25, -0.2) is 4.79 Å². The van der Waals surface area contributed by atoms with Crippen LogP contribution in [0.15, 0.2) is 12.1 Å². The second-order valence-electron chi connectivity index (χ2n) is 6.34. The smallest absolute Gasteiger partial charge is 0.321 e. The molecule has 2 atom stereocenters. The average molecular weight is 290 g/mol. The zero-order valence-corrected chi connectivity index (χ0v) is 13.4. The highest BCUT2D eigenvalue weighted by Crippen LogP contribution is 2.26. The number of aryl methyl sites for hydroxylation is 3. The van der Waals surface area contributed by atoms with Gasteiger partial charge in [0.25, 0.3) is 0 Å². The first kappa shape index (κ1) is 15.8. The van der Waals surface area contributed by atoms with Crippen LogP contribution in [0.1, 0.15) is 36.0 Å². The van der Waals surface area contributed by atoms with Crippen molar-refractivity contribution in [3.63, 3.8) is 0 Å². The van der Waals surface area contributed by atoms with Gasteiger partial charge >= 0.3 is 6.03 Å². The number of urea groups is 1. The molecule has 2 rings (SSSR count). The maximum absolute atomic E-state index is 12.3. The zero-order valence-electron chi connectivity index (χ0n) is 13.4. The minimum absolute atomic E-state index is 0.107. The number of aliphatic hydroxyl groups is 1. The van der Waals surface area contributed by atoms with Gasteiger partial charge in [0.2, 0.25) is 0 Å². The number of hydrogen-bond acceptors (Lipinski definition) is 2. The molecule has 1 saturated carbocycles. The summed E-state index contributed by atoms with van der Waals surface area (Å²) in [5.41, 5.74) is 4.25. The quantitative estimate of drug-likeness (QED) is 0.898. The number of anilines is 1. The topological polar surface area (TPSA) is 52.6 Å². The minimum atomic E-state index is -0.261. The van der Waals surface area contributed by atoms with Crippen LogP contribution in [0.2, 0.25) is 0 Å².